The van der Waals surface area contributed by atoms with Gasteiger partial charge in [-0.25, -0.2) is 0 Å². The molecule has 3 rings (SSSR count). The van der Waals surface area contributed by atoms with E-state index in [9.17, 15) is 0 Å². The van der Waals surface area contributed by atoms with Crippen molar-refractivity contribution in [3.63, 3.8) is 0 Å². The van der Waals surface area contributed by atoms with Crippen LogP contribution in [0.4, 0.5) is 0 Å². The van der Waals surface area contributed by atoms with Crippen LogP contribution in [0.2, 0.25) is 0 Å². The first-order valence-corrected chi connectivity index (χ1v) is 4.96. The monoisotopic (exact) mass is 227 g/mol. The van der Waals surface area contributed by atoms with Gasteiger partial charge in [-0.3, -0.25) is 0 Å². The summed E-state index contributed by atoms with van der Waals surface area (Å²) in [6.07, 6.45) is 1.14. The van der Waals surface area contributed by atoms with E-state index in [4.69, 9.17) is 9.78 Å². The number of fused-ring (bicyclic) bond motifs is 3. The molecule has 0 radical (unpaired) electrons. The van der Waals surface area contributed by atoms with E-state index in [2.05, 4.69) is 18.0 Å². The third kappa shape index (κ3) is 1.71. The molecular weight excluding hydrogens is 214 g/mol. The molecule has 0 spiro atoms. The van der Waals surface area contributed by atoms with E-state index in [1.54, 1.807) is 0 Å². The Hall–Kier alpha value is -0.770. The van der Waals surface area contributed by atoms with E-state index in [0.717, 1.165) is 25.3 Å². The Morgan fingerprint density at radius 2 is 2.13 bits per heavy atom. The number of hydrogen-bond acceptors (Lipinski definition) is 3. The van der Waals surface area contributed by atoms with E-state index in [0.29, 0.717) is 6.61 Å². The molecule has 2 aliphatic heterocycles. The van der Waals surface area contributed by atoms with Gasteiger partial charge in [-0.1, -0.05) is 6.07 Å². The van der Waals surface area contributed by atoms with Gasteiger partial charge in [0.15, 0.2) is 5.75 Å². The lowest BCUT2D eigenvalue weighted by atomic mass is 9.95. The molecule has 1 aromatic rings. The molecular formula is C11H14ClNO2. The quantitative estimate of drug-likeness (QED) is 0.632. The molecule has 0 atom stereocenters. The molecule has 0 fully saturated rings. The average molecular weight is 228 g/mol. The van der Waals surface area contributed by atoms with E-state index in [1.807, 2.05) is 6.07 Å². The van der Waals surface area contributed by atoms with Gasteiger partial charge in [0, 0.05) is 18.7 Å². The van der Waals surface area contributed by atoms with E-state index in [-0.39, 0.29) is 12.4 Å². The summed E-state index contributed by atoms with van der Waals surface area (Å²) >= 11 is 0. The van der Waals surface area contributed by atoms with E-state index < -0.39 is 0 Å². The van der Waals surface area contributed by atoms with Crippen LogP contribution in [-0.4, -0.2) is 18.5 Å². The van der Waals surface area contributed by atoms with Crippen molar-refractivity contribution in [3.8, 4) is 5.75 Å². The van der Waals surface area contributed by atoms with E-state index >= 15 is 0 Å². The maximum absolute atomic E-state index is 5.08. The SMILES string of the molecule is CN1CCc2ccc3c(c2C1)COO3.Cl. The first kappa shape index (κ1) is 10.7. The number of nitrogens with zero attached hydrogens (tertiary/aromatic N) is 1. The lowest BCUT2D eigenvalue weighted by molar-refractivity contribution is -0.194. The van der Waals surface area contributed by atoms with Crippen LogP contribution in [0.15, 0.2) is 12.1 Å². The second kappa shape index (κ2) is 4.00. The molecule has 0 aromatic heterocycles. The van der Waals surface area contributed by atoms with Crippen LogP contribution >= 0.6 is 12.4 Å². The van der Waals surface area contributed by atoms with Crippen molar-refractivity contribution in [2.45, 2.75) is 19.6 Å². The zero-order valence-electron chi connectivity index (χ0n) is 8.66. The van der Waals surface area contributed by atoms with Gasteiger partial charge in [0.2, 0.25) is 0 Å². The predicted molar refractivity (Wildman–Crippen MR) is 59.1 cm³/mol. The molecule has 3 nitrogen and oxygen atoms in total. The Kier molecular flexibility index (Phi) is 2.87. The number of benzene rings is 1. The first-order valence-electron chi connectivity index (χ1n) is 4.96. The molecule has 2 heterocycles. The van der Waals surface area contributed by atoms with E-state index in [1.165, 1.54) is 16.7 Å². The summed E-state index contributed by atoms with van der Waals surface area (Å²) in [7, 11) is 2.15. The molecule has 4 heteroatoms. The van der Waals surface area contributed by atoms with Crippen LogP contribution < -0.4 is 4.89 Å². The summed E-state index contributed by atoms with van der Waals surface area (Å²) < 4.78 is 0. The zero-order chi connectivity index (χ0) is 9.54. The molecule has 0 unspecified atom stereocenters. The van der Waals surface area contributed by atoms with Crippen molar-refractivity contribution in [1.82, 2.24) is 4.90 Å². The van der Waals surface area contributed by atoms with Gasteiger partial charge in [0.25, 0.3) is 0 Å². The standard InChI is InChI=1S/C11H13NO2.ClH/c1-12-5-4-8-2-3-11-10(7-13-14-11)9(8)6-12;/h2-3H,4-7H2,1H3;1H. The Labute approximate surface area is 95.3 Å². The highest BCUT2D eigenvalue weighted by Gasteiger charge is 2.23. The number of halogens is 1. The fourth-order valence-corrected chi connectivity index (χ4v) is 2.20. The Balaban J connectivity index is 0.000000853. The van der Waals surface area contributed by atoms with Crippen LogP contribution in [0, 0.1) is 0 Å². The molecule has 0 bridgehead atoms. The summed E-state index contributed by atoms with van der Waals surface area (Å²) in [5, 5.41) is 0. The van der Waals surface area contributed by atoms with Crippen LogP contribution in [0.5, 0.6) is 5.75 Å². The lowest BCUT2D eigenvalue weighted by Crippen LogP contribution is -2.27. The number of hydrogen-bond donors (Lipinski definition) is 0. The molecule has 0 aliphatic carbocycles. The third-order valence-electron chi connectivity index (χ3n) is 3.03. The van der Waals surface area contributed by atoms with Gasteiger partial charge in [0.05, 0.1) is 0 Å². The minimum atomic E-state index is 0. The zero-order valence-corrected chi connectivity index (χ0v) is 9.47. The normalized spacial score (nSPS) is 18.7. The van der Waals surface area contributed by atoms with Crippen molar-refractivity contribution < 1.29 is 9.78 Å². The minimum absolute atomic E-state index is 0. The summed E-state index contributed by atoms with van der Waals surface area (Å²) in [4.78, 5) is 12.4. The summed E-state index contributed by atoms with van der Waals surface area (Å²) in [5.41, 5.74) is 4.11. The second-order valence-electron chi connectivity index (χ2n) is 4.01. The number of rotatable bonds is 0. The van der Waals surface area contributed by atoms with Gasteiger partial charge < -0.3 is 9.79 Å². The van der Waals surface area contributed by atoms with Crippen LogP contribution in [0.1, 0.15) is 16.7 Å². The van der Waals surface area contributed by atoms with Gasteiger partial charge in [-0.15, -0.1) is 12.4 Å². The van der Waals surface area contributed by atoms with Gasteiger partial charge >= 0.3 is 0 Å². The van der Waals surface area contributed by atoms with Crippen molar-refractivity contribution in [2.75, 3.05) is 13.6 Å². The maximum Gasteiger partial charge on any atom is 0.171 e. The van der Waals surface area contributed by atoms with Crippen molar-refractivity contribution in [3.05, 3.63) is 28.8 Å². The van der Waals surface area contributed by atoms with Gasteiger partial charge in [-0.2, -0.15) is 4.89 Å². The molecule has 1 aromatic carbocycles. The van der Waals surface area contributed by atoms with Crippen molar-refractivity contribution in [1.29, 1.82) is 0 Å². The summed E-state index contributed by atoms with van der Waals surface area (Å²) in [6.45, 7) is 2.77. The molecule has 0 amide bonds. The maximum atomic E-state index is 5.08. The topological polar surface area (TPSA) is 21.7 Å². The van der Waals surface area contributed by atoms with Gasteiger partial charge in [-0.05, 0) is 30.7 Å². The number of likely N-dealkylation sites (N-methyl/N-ethyl adjacent to an activating group) is 1. The molecule has 0 saturated carbocycles. The third-order valence-corrected chi connectivity index (χ3v) is 3.03. The highest BCUT2D eigenvalue weighted by Crippen LogP contribution is 2.33. The predicted octanol–water partition coefficient (Wildman–Crippen LogP) is 1.92. The smallest absolute Gasteiger partial charge is 0.171 e. The second-order valence-corrected chi connectivity index (χ2v) is 4.01. The Bertz CT molecular complexity index is 381. The summed E-state index contributed by atoms with van der Waals surface area (Å²) in [6, 6.07) is 4.18. The highest BCUT2D eigenvalue weighted by atomic mass is 35.5. The summed E-state index contributed by atoms with van der Waals surface area (Å²) in [5.74, 6) is 0.902. The van der Waals surface area contributed by atoms with Crippen molar-refractivity contribution >= 4 is 12.4 Å². The van der Waals surface area contributed by atoms with Crippen molar-refractivity contribution in [2.24, 2.45) is 0 Å². The first-order chi connectivity index (χ1) is 6.84. The molecule has 0 N–H and O–H groups in total. The Morgan fingerprint density at radius 1 is 1.27 bits per heavy atom. The molecule has 82 valence electrons. The van der Waals surface area contributed by atoms with Gasteiger partial charge in [0.1, 0.15) is 6.61 Å². The molecule has 0 saturated heterocycles. The average Bonchev–Trinajstić information content (AvgIpc) is 2.65. The Morgan fingerprint density at radius 3 is 3.00 bits per heavy atom. The van der Waals surface area contributed by atoms with Crippen LogP contribution in [0.25, 0.3) is 0 Å². The van der Waals surface area contributed by atoms with Crippen LogP contribution in [0.3, 0.4) is 0 Å². The molecule has 15 heavy (non-hydrogen) atoms. The fraction of sp³-hybridized carbons (Fsp3) is 0.455. The largest absolute Gasteiger partial charge is 0.337 e. The molecule has 2 aliphatic rings. The van der Waals surface area contributed by atoms with Crippen LogP contribution in [-0.2, 0) is 24.5 Å². The minimum Gasteiger partial charge on any atom is -0.337 e. The highest BCUT2D eigenvalue weighted by molar-refractivity contribution is 5.85. The fourth-order valence-electron chi connectivity index (χ4n) is 2.20. The lowest BCUT2D eigenvalue weighted by Gasteiger charge is -2.25.